The van der Waals surface area contributed by atoms with Crippen LogP contribution in [0.3, 0.4) is 0 Å². The van der Waals surface area contributed by atoms with Gasteiger partial charge in [0.15, 0.2) is 0 Å². The molecule has 1 atom stereocenters. The topological polar surface area (TPSA) is 55.6 Å². The molecule has 0 aromatic heterocycles. The molecule has 1 aliphatic heterocycles. The second-order valence-corrected chi connectivity index (χ2v) is 6.34. The highest BCUT2D eigenvalue weighted by Gasteiger charge is 2.31. The Bertz CT molecular complexity index is 550. The van der Waals surface area contributed by atoms with Crippen molar-refractivity contribution in [1.29, 1.82) is 0 Å². The minimum atomic E-state index is -0.263. The second-order valence-electron chi connectivity index (χ2n) is 4.98. The van der Waals surface area contributed by atoms with Crippen molar-refractivity contribution in [3.05, 3.63) is 28.2 Å². The SMILES string of the molecule is CCOC(=O)C1CCCCN1c1cc(Br)ccc1C(N)=S. The smallest absolute Gasteiger partial charge is 0.328 e. The zero-order valence-corrected chi connectivity index (χ0v) is 14.4. The van der Waals surface area contributed by atoms with Gasteiger partial charge in [0, 0.05) is 22.3 Å². The Labute approximate surface area is 138 Å². The van der Waals surface area contributed by atoms with Crippen LogP contribution in [0, 0.1) is 0 Å². The molecule has 6 heteroatoms. The van der Waals surface area contributed by atoms with Crippen LogP contribution in [-0.2, 0) is 9.53 Å². The molecule has 21 heavy (non-hydrogen) atoms. The van der Waals surface area contributed by atoms with Crippen molar-refractivity contribution in [2.24, 2.45) is 5.73 Å². The van der Waals surface area contributed by atoms with Crippen LogP contribution in [0.5, 0.6) is 0 Å². The van der Waals surface area contributed by atoms with Crippen LogP contribution in [0.15, 0.2) is 22.7 Å². The summed E-state index contributed by atoms with van der Waals surface area (Å²) in [6.45, 7) is 3.02. The van der Waals surface area contributed by atoms with E-state index >= 15 is 0 Å². The molecular formula is C15H19BrN2O2S. The maximum absolute atomic E-state index is 12.2. The summed E-state index contributed by atoms with van der Waals surface area (Å²) in [5, 5.41) is 0. The largest absolute Gasteiger partial charge is 0.464 e. The summed E-state index contributed by atoms with van der Waals surface area (Å²) in [5.74, 6) is -0.175. The van der Waals surface area contributed by atoms with E-state index in [0.29, 0.717) is 11.6 Å². The second kappa shape index (κ2) is 7.22. The number of rotatable bonds is 4. The molecule has 0 bridgehead atoms. The Kier molecular flexibility index (Phi) is 5.58. The molecular weight excluding hydrogens is 352 g/mol. The summed E-state index contributed by atoms with van der Waals surface area (Å²) in [6, 6.07) is 5.49. The first-order valence-electron chi connectivity index (χ1n) is 7.07. The fourth-order valence-electron chi connectivity index (χ4n) is 2.65. The van der Waals surface area contributed by atoms with Gasteiger partial charge in [-0.25, -0.2) is 4.79 Å². The van der Waals surface area contributed by atoms with Gasteiger partial charge in [0.1, 0.15) is 11.0 Å². The molecule has 1 fully saturated rings. The number of hydrogen-bond donors (Lipinski definition) is 1. The first-order chi connectivity index (χ1) is 10.0. The number of nitrogens with two attached hydrogens (primary N) is 1. The molecule has 1 aromatic carbocycles. The van der Waals surface area contributed by atoms with E-state index in [-0.39, 0.29) is 12.0 Å². The molecule has 1 saturated heterocycles. The quantitative estimate of drug-likeness (QED) is 0.651. The molecule has 0 aliphatic carbocycles. The third-order valence-corrected chi connectivity index (χ3v) is 4.31. The number of piperidine rings is 1. The zero-order valence-electron chi connectivity index (χ0n) is 12.0. The van der Waals surface area contributed by atoms with E-state index < -0.39 is 0 Å². The molecule has 1 unspecified atom stereocenters. The molecule has 0 radical (unpaired) electrons. The minimum Gasteiger partial charge on any atom is -0.464 e. The van der Waals surface area contributed by atoms with Crippen LogP contribution >= 0.6 is 28.1 Å². The number of carbonyl (C=O) groups excluding carboxylic acids is 1. The summed E-state index contributed by atoms with van der Waals surface area (Å²) >= 11 is 8.61. The number of esters is 1. The maximum Gasteiger partial charge on any atom is 0.328 e. The fraction of sp³-hybridized carbons (Fsp3) is 0.467. The van der Waals surface area contributed by atoms with Gasteiger partial charge in [0.25, 0.3) is 0 Å². The number of ether oxygens (including phenoxy) is 1. The van der Waals surface area contributed by atoms with Gasteiger partial charge in [0.05, 0.1) is 6.61 Å². The van der Waals surface area contributed by atoms with Crippen molar-refractivity contribution in [2.75, 3.05) is 18.1 Å². The lowest BCUT2D eigenvalue weighted by atomic mass is 9.99. The van der Waals surface area contributed by atoms with Crippen LogP contribution in [0.1, 0.15) is 31.7 Å². The standard InChI is InChI=1S/C15H19BrN2O2S/c1-2-20-15(19)12-5-3-4-8-18(12)13-9-10(16)6-7-11(13)14(17)21/h6-7,9,12H,2-5,8H2,1H3,(H2,17,21). The van der Waals surface area contributed by atoms with E-state index in [1.54, 1.807) is 0 Å². The Morgan fingerprint density at radius 3 is 2.95 bits per heavy atom. The number of benzene rings is 1. The van der Waals surface area contributed by atoms with Gasteiger partial charge in [-0.05, 0) is 44.4 Å². The molecule has 4 nitrogen and oxygen atoms in total. The number of halogens is 1. The van der Waals surface area contributed by atoms with E-state index in [0.717, 1.165) is 41.5 Å². The zero-order chi connectivity index (χ0) is 15.4. The Morgan fingerprint density at radius 2 is 2.29 bits per heavy atom. The summed E-state index contributed by atoms with van der Waals surface area (Å²) in [7, 11) is 0. The molecule has 1 aromatic rings. The first kappa shape index (κ1) is 16.2. The van der Waals surface area contributed by atoms with Crippen molar-refractivity contribution >= 4 is 44.8 Å². The predicted octanol–water partition coefficient (Wildman–Crippen LogP) is 3.01. The van der Waals surface area contributed by atoms with E-state index in [2.05, 4.69) is 20.8 Å². The summed E-state index contributed by atoms with van der Waals surface area (Å²) in [4.78, 5) is 14.6. The molecule has 0 spiro atoms. The van der Waals surface area contributed by atoms with E-state index in [4.69, 9.17) is 22.7 Å². The van der Waals surface area contributed by atoms with Crippen molar-refractivity contribution < 1.29 is 9.53 Å². The lowest BCUT2D eigenvalue weighted by Crippen LogP contribution is -2.46. The predicted molar refractivity (Wildman–Crippen MR) is 91.6 cm³/mol. The highest BCUT2D eigenvalue weighted by atomic mass is 79.9. The van der Waals surface area contributed by atoms with Gasteiger partial charge in [-0.3, -0.25) is 0 Å². The summed E-state index contributed by atoms with van der Waals surface area (Å²) in [5.41, 5.74) is 7.52. The van der Waals surface area contributed by atoms with Gasteiger partial charge in [-0.1, -0.05) is 28.1 Å². The van der Waals surface area contributed by atoms with Gasteiger partial charge in [0.2, 0.25) is 0 Å². The van der Waals surface area contributed by atoms with Gasteiger partial charge in [-0.15, -0.1) is 0 Å². The highest BCUT2D eigenvalue weighted by Crippen LogP contribution is 2.31. The average molecular weight is 371 g/mol. The minimum absolute atomic E-state index is 0.175. The van der Waals surface area contributed by atoms with Crippen LogP contribution in [0.2, 0.25) is 0 Å². The van der Waals surface area contributed by atoms with E-state index in [9.17, 15) is 4.79 Å². The van der Waals surface area contributed by atoms with Gasteiger partial charge >= 0.3 is 5.97 Å². The van der Waals surface area contributed by atoms with Crippen molar-refractivity contribution in [3.63, 3.8) is 0 Å². The molecule has 114 valence electrons. The molecule has 1 aliphatic rings. The van der Waals surface area contributed by atoms with Crippen LogP contribution in [0.25, 0.3) is 0 Å². The Morgan fingerprint density at radius 1 is 1.52 bits per heavy atom. The Balaban J connectivity index is 2.39. The molecule has 2 N–H and O–H groups in total. The lowest BCUT2D eigenvalue weighted by molar-refractivity contribution is -0.145. The van der Waals surface area contributed by atoms with Gasteiger partial charge < -0.3 is 15.4 Å². The van der Waals surface area contributed by atoms with Crippen LogP contribution < -0.4 is 10.6 Å². The van der Waals surface area contributed by atoms with E-state index in [1.165, 1.54) is 0 Å². The third kappa shape index (κ3) is 3.74. The van der Waals surface area contributed by atoms with Crippen molar-refractivity contribution in [3.8, 4) is 0 Å². The van der Waals surface area contributed by atoms with Gasteiger partial charge in [-0.2, -0.15) is 0 Å². The molecule has 1 heterocycles. The number of anilines is 1. The third-order valence-electron chi connectivity index (χ3n) is 3.60. The monoisotopic (exact) mass is 370 g/mol. The first-order valence-corrected chi connectivity index (χ1v) is 8.27. The Hall–Kier alpha value is -1.14. The van der Waals surface area contributed by atoms with Crippen LogP contribution in [-0.4, -0.2) is 30.2 Å². The van der Waals surface area contributed by atoms with E-state index in [1.807, 2.05) is 25.1 Å². The molecule has 0 saturated carbocycles. The number of carbonyl (C=O) groups is 1. The number of hydrogen-bond acceptors (Lipinski definition) is 4. The van der Waals surface area contributed by atoms with Crippen LogP contribution in [0.4, 0.5) is 5.69 Å². The fourth-order valence-corrected chi connectivity index (χ4v) is 3.18. The lowest BCUT2D eigenvalue weighted by Gasteiger charge is -2.37. The normalized spacial score (nSPS) is 18.4. The number of nitrogens with zero attached hydrogens (tertiary/aromatic N) is 1. The summed E-state index contributed by atoms with van der Waals surface area (Å²) < 4.78 is 6.14. The van der Waals surface area contributed by atoms with Crippen molar-refractivity contribution in [2.45, 2.75) is 32.2 Å². The summed E-state index contributed by atoms with van der Waals surface area (Å²) in [6.07, 6.45) is 2.86. The molecule has 2 rings (SSSR count). The van der Waals surface area contributed by atoms with Crippen molar-refractivity contribution in [1.82, 2.24) is 0 Å². The number of thiocarbonyl (C=S) groups is 1. The average Bonchev–Trinajstić information content (AvgIpc) is 2.47. The highest BCUT2D eigenvalue weighted by molar-refractivity contribution is 9.10. The molecule has 0 amide bonds. The maximum atomic E-state index is 12.2.